The van der Waals surface area contributed by atoms with Gasteiger partial charge in [-0.05, 0) is 62.6 Å². The molecule has 36 heavy (non-hydrogen) atoms. The Bertz CT molecular complexity index is 1050. The second-order valence-electron chi connectivity index (χ2n) is 9.75. The van der Waals surface area contributed by atoms with Crippen LogP contribution in [0.2, 0.25) is 0 Å². The van der Waals surface area contributed by atoms with Crippen LogP contribution in [0.4, 0.5) is 0 Å². The zero-order valence-electron chi connectivity index (χ0n) is 22.3. The lowest BCUT2D eigenvalue weighted by Gasteiger charge is -2.28. The van der Waals surface area contributed by atoms with E-state index in [4.69, 9.17) is 18.9 Å². The molecular formula is C30H38O6. The fraction of sp³-hybridized carbons (Fsp3) is 0.400. The summed E-state index contributed by atoms with van der Waals surface area (Å²) in [4.78, 5) is 24.9. The number of carbonyl (C=O) groups is 2. The predicted molar refractivity (Wildman–Crippen MR) is 141 cm³/mol. The van der Waals surface area contributed by atoms with Crippen molar-refractivity contribution in [1.29, 1.82) is 0 Å². The number of ether oxygens (including phenoxy) is 4. The van der Waals surface area contributed by atoms with E-state index in [1.54, 1.807) is 39.0 Å². The third-order valence-electron chi connectivity index (χ3n) is 6.19. The van der Waals surface area contributed by atoms with Crippen LogP contribution in [0.5, 0.6) is 11.5 Å². The average Bonchev–Trinajstić information content (AvgIpc) is 2.86. The van der Waals surface area contributed by atoms with Crippen LogP contribution in [0.25, 0.3) is 0 Å². The molecule has 0 fully saturated rings. The third-order valence-corrected chi connectivity index (χ3v) is 6.19. The highest BCUT2D eigenvalue weighted by Crippen LogP contribution is 2.34. The topological polar surface area (TPSA) is 71.1 Å². The van der Waals surface area contributed by atoms with Gasteiger partial charge in [0, 0.05) is 5.41 Å². The van der Waals surface area contributed by atoms with Crippen LogP contribution in [0, 0.1) is 0 Å². The molecule has 2 rings (SSSR count). The van der Waals surface area contributed by atoms with Crippen LogP contribution >= 0.6 is 0 Å². The molecular weight excluding hydrogens is 456 g/mol. The summed E-state index contributed by atoms with van der Waals surface area (Å²) in [6.45, 7) is 18.7. The van der Waals surface area contributed by atoms with Gasteiger partial charge in [0.25, 0.3) is 0 Å². The minimum absolute atomic E-state index is 0.137. The Morgan fingerprint density at radius 2 is 1.28 bits per heavy atom. The molecule has 2 aromatic carbocycles. The van der Waals surface area contributed by atoms with E-state index in [-0.39, 0.29) is 18.6 Å². The van der Waals surface area contributed by atoms with Crippen LogP contribution in [-0.2, 0) is 24.5 Å². The van der Waals surface area contributed by atoms with Gasteiger partial charge in [-0.3, -0.25) is 0 Å². The normalized spacial score (nSPS) is 13.3. The molecule has 0 aliphatic carbocycles. The fourth-order valence-electron chi connectivity index (χ4n) is 3.45. The van der Waals surface area contributed by atoms with E-state index in [0.717, 1.165) is 11.1 Å². The summed E-state index contributed by atoms with van der Waals surface area (Å²) in [6, 6.07) is 15.1. The van der Waals surface area contributed by atoms with Gasteiger partial charge >= 0.3 is 11.9 Å². The van der Waals surface area contributed by atoms with Crippen LogP contribution in [0.3, 0.4) is 0 Å². The Kier molecular flexibility index (Phi) is 9.65. The van der Waals surface area contributed by atoms with Crippen molar-refractivity contribution >= 4 is 11.9 Å². The maximum absolute atomic E-state index is 12.7. The summed E-state index contributed by atoms with van der Waals surface area (Å²) in [5.74, 6) is 0.121. The van der Waals surface area contributed by atoms with Crippen LogP contribution in [-0.4, -0.2) is 36.4 Å². The first-order valence-corrected chi connectivity index (χ1v) is 12.0. The van der Waals surface area contributed by atoms with Crippen molar-refractivity contribution in [3.63, 3.8) is 0 Å². The molecule has 0 aromatic heterocycles. The third kappa shape index (κ3) is 7.08. The quantitative estimate of drug-likeness (QED) is 0.188. The number of esters is 2. The summed E-state index contributed by atoms with van der Waals surface area (Å²) in [6.07, 6.45) is 3.61. The van der Waals surface area contributed by atoms with E-state index in [9.17, 15) is 9.59 Å². The molecule has 0 saturated heterocycles. The lowest BCUT2D eigenvalue weighted by Crippen LogP contribution is -2.41. The highest BCUT2D eigenvalue weighted by Gasteiger charge is 2.35. The number of hydrogen-bond donors (Lipinski definition) is 0. The number of hydrogen-bond acceptors (Lipinski definition) is 6. The van der Waals surface area contributed by atoms with E-state index in [1.807, 2.05) is 43.3 Å². The summed E-state index contributed by atoms with van der Waals surface area (Å²) in [5.41, 5.74) is -0.386. The molecule has 194 valence electrons. The SMILES string of the molecule is C=CCOC(=O)C(C)(C)Oc1ccc(C(C)(C)c2ccc(OC(=O)C(C)(CC)OCC=C)cc2)cc1. The first-order valence-electron chi connectivity index (χ1n) is 12.0. The number of rotatable bonds is 13. The van der Waals surface area contributed by atoms with Crippen LogP contribution in [0.1, 0.15) is 59.1 Å². The van der Waals surface area contributed by atoms with Gasteiger partial charge in [0.2, 0.25) is 0 Å². The molecule has 0 heterocycles. The molecule has 0 N–H and O–H groups in total. The van der Waals surface area contributed by atoms with E-state index < -0.39 is 23.1 Å². The summed E-state index contributed by atoms with van der Waals surface area (Å²) < 4.78 is 22.2. The molecule has 6 nitrogen and oxygen atoms in total. The Hall–Kier alpha value is -3.38. The Morgan fingerprint density at radius 3 is 1.75 bits per heavy atom. The molecule has 0 radical (unpaired) electrons. The van der Waals surface area contributed by atoms with E-state index >= 15 is 0 Å². The standard InChI is InChI=1S/C30H38O6/c1-9-20-33-26(31)29(6,7)36-25-18-14-23(15-19-25)28(4,5)22-12-16-24(17-13-22)35-27(32)30(8,11-3)34-21-10-2/h9-10,12-19H,1-2,11,20-21H2,3-8H3. The van der Waals surface area contributed by atoms with Gasteiger partial charge < -0.3 is 18.9 Å². The first kappa shape index (κ1) is 28.9. The molecule has 0 amide bonds. The van der Waals surface area contributed by atoms with Gasteiger partial charge in [0.1, 0.15) is 18.1 Å². The van der Waals surface area contributed by atoms with Gasteiger partial charge in [0.15, 0.2) is 11.2 Å². The molecule has 0 aliphatic rings. The second-order valence-corrected chi connectivity index (χ2v) is 9.75. The molecule has 2 aromatic rings. The first-order chi connectivity index (χ1) is 16.9. The van der Waals surface area contributed by atoms with E-state index in [2.05, 4.69) is 27.0 Å². The van der Waals surface area contributed by atoms with Crippen molar-refractivity contribution < 1.29 is 28.5 Å². The van der Waals surface area contributed by atoms with Crippen molar-refractivity contribution in [2.24, 2.45) is 0 Å². The molecule has 0 aliphatic heterocycles. The zero-order chi connectivity index (χ0) is 27.0. The smallest absolute Gasteiger partial charge is 0.350 e. The van der Waals surface area contributed by atoms with E-state index in [0.29, 0.717) is 17.9 Å². The second kappa shape index (κ2) is 12.0. The van der Waals surface area contributed by atoms with Crippen molar-refractivity contribution in [3.8, 4) is 11.5 Å². The van der Waals surface area contributed by atoms with Crippen LogP contribution in [0.15, 0.2) is 73.8 Å². The average molecular weight is 495 g/mol. The van der Waals surface area contributed by atoms with Gasteiger partial charge in [-0.2, -0.15) is 0 Å². The fourth-order valence-corrected chi connectivity index (χ4v) is 3.45. The number of benzene rings is 2. The maximum Gasteiger partial charge on any atom is 0.350 e. The van der Waals surface area contributed by atoms with Crippen molar-refractivity contribution in [3.05, 3.63) is 85.0 Å². The lowest BCUT2D eigenvalue weighted by atomic mass is 9.78. The molecule has 0 saturated carbocycles. The molecule has 6 heteroatoms. The molecule has 1 atom stereocenters. The van der Waals surface area contributed by atoms with E-state index in [1.165, 1.54) is 6.08 Å². The number of carbonyl (C=O) groups excluding carboxylic acids is 2. The molecule has 0 spiro atoms. The Labute approximate surface area is 214 Å². The summed E-state index contributed by atoms with van der Waals surface area (Å²) in [7, 11) is 0. The van der Waals surface area contributed by atoms with Crippen molar-refractivity contribution in [2.75, 3.05) is 13.2 Å². The highest BCUT2D eigenvalue weighted by molar-refractivity contribution is 5.81. The zero-order valence-corrected chi connectivity index (χ0v) is 22.3. The van der Waals surface area contributed by atoms with Gasteiger partial charge in [-0.15, -0.1) is 6.58 Å². The van der Waals surface area contributed by atoms with Gasteiger partial charge in [0.05, 0.1) is 6.61 Å². The predicted octanol–water partition coefficient (Wildman–Crippen LogP) is 6.18. The monoisotopic (exact) mass is 494 g/mol. The van der Waals surface area contributed by atoms with Gasteiger partial charge in [-0.1, -0.05) is 63.8 Å². The summed E-state index contributed by atoms with van der Waals surface area (Å²) in [5, 5.41) is 0. The van der Waals surface area contributed by atoms with Gasteiger partial charge in [-0.25, -0.2) is 9.59 Å². The molecule has 0 bridgehead atoms. The molecule has 1 unspecified atom stereocenters. The van der Waals surface area contributed by atoms with Crippen molar-refractivity contribution in [1.82, 2.24) is 0 Å². The summed E-state index contributed by atoms with van der Waals surface area (Å²) >= 11 is 0. The minimum atomic E-state index is -1.13. The minimum Gasteiger partial charge on any atom is -0.476 e. The maximum atomic E-state index is 12.7. The Balaban J connectivity index is 2.12. The highest BCUT2D eigenvalue weighted by atomic mass is 16.6. The largest absolute Gasteiger partial charge is 0.476 e. The Morgan fingerprint density at radius 1 is 0.778 bits per heavy atom. The van der Waals surface area contributed by atoms with Crippen molar-refractivity contribution in [2.45, 2.75) is 64.6 Å². The lowest BCUT2D eigenvalue weighted by molar-refractivity contribution is -0.159. The van der Waals surface area contributed by atoms with Crippen LogP contribution < -0.4 is 9.47 Å².